The van der Waals surface area contributed by atoms with E-state index in [-0.39, 0.29) is 28.2 Å². The van der Waals surface area contributed by atoms with Crippen molar-refractivity contribution in [2.45, 2.75) is 17.9 Å². The van der Waals surface area contributed by atoms with Gasteiger partial charge in [0, 0.05) is 18.7 Å². The predicted molar refractivity (Wildman–Crippen MR) is 82.1 cm³/mol. The van der Waals surface area contributed by atoms with Crippen LogP contribution < -0.4 is 4.72 Å². The Morgan fingerprint density at radius 2 is 1.95 bits per heavy atom. The third-order valence-corrected chi connectivity index (χ3v) is 4.86. The highest BCUT2D eigenvalue weighted by atomic mass is 35.5. The number of aliphatic hydroxyl groups excluding tert-OH is 1. The summed E-state index contributed by atoms with van der Waals surface area (Å²) in [5.41, 5.74) is 0.419. The van der Waals surface area contributed by atoms with Gasteiger partial charge in [-0.1, -0.05) is 35.0 Å². The van der Waals surface area contributed by atoms with Crippen molar-refractivity contribution >= 4 is 33.2 Å². The lowest BCUT2D eigenvalue weighted by atomic mass is 10.2. The van der Waals surface area contributed by atoms with E-state index in [1.807, 2.05) is 0 Å². The van der Waals surface area contributed by atoms with E-state index in [2.05, 4.69) is 16.6 Å². The largest absolute Gasteiger partial charge is 0.384 e. The van der Waals surface area contributed by atoms with Crippen molar-refractivity contribution in [1.82, 2.24) is 4.72 Å². The second kappa shape index (κ2) is 7.99. The molecule has 1 atom stereocenters. The van der Waals surface area contributed by atoms with E-state index in [4.69, 9.17) is 33.0 Å². The molecule has 116 valence electrons. The summed E-state index contributed by atoms with van der Waals surface area (Å²) in [5.74, 6) is 5.04. The summed E-state index contributed by atoms with van der Waals surface area (Å²) in [6, 6.07) is 2.33. The molecule has 0 heterocycles. The van der Waals surface area contributed by atoms with Crippen molar-refractivity contribution in [3.63, 3.8) is 0 Å². The molecular weight excluding hydrogens is 337 g/mol. The van der Waals surface area contributed by atoms with Gasteiger partial charge in [-0.2, -0.15) is 0 Å². The van der Waals surface area contributed by atoms with Gasteiger partial charge >= 0.3 is 0 Å². The number of methoxy groups -OCH3 is 1. The lowest BCUT2D eigenvalue weighted by Crippen LogP contribution is -2.35. The zero-order valence-electron chi connectivity index (χ0n) is 11.5. The van der Waals surface area contributed by atoms with Gasteiger partial charge in [0.15, 0.2) is 0 Å². The van der Waals surface area contributed by atoms with Gasteiger partial charge in [-0.3, -0.25) is 0 Å². The number of sulfonamides is 1. The SMILES string of the molecule is COCC(C)NS(=O)(=O)c1c(Cl)cc(C#CCO)cc1Cl. The van der Waals surface area contributed by atoms with E-state index in [0.717, 1.165) is 0 Å². The quantitative estimate of drug-likeness (QED) is 0.791. The minimum Gasteiger partial charge on any atom is -0.384 e. The van der Waals surface area contributed by atoms with Crippen LogP contribution in [0.3, 0.4) is 0 Å². The number of ether oxygens (including phenoxy) is 1. The molecule has 0 spiro atoms. The minimum absolute atomic E-state index is 0.0399. The van der Waals surface area contributed by atoms with Crippen molar-refractivity contribution in [3.8, 4) is 11.8 Å². The van der Waals surface area contributed by atoms with Crippen LogP contribution >= 0.6 is 23.2 Å². The molecule has 0 fully saturated rings. The highest BCUT2D eigenvalue weighted by Gasteiger charge is 2.24. The zero-order valence-corrected chi connectivity index (χ0v) is 13.8. The van der Waals surface area contributed by atoms with E-state index >= 15 is 0 Å². The van der Waals surface area contributed by atoms with E-state index in [1.54, 1.807) is 6.92 Å². The van der Waals surface area contributed by atoms with Crippen molar-refractivity contribution in [3.05, 3.63) is 27.7 Å². The van der Waals surface area contributed by atoms with Gasteiger partial charge in [-0.05, 0) is 19.1 Å². The van der Waals surface area contributed by atoms with Crippen molar-refractivity contribution in [2.24, 2.45) is 0 Å². The molecule has 0 aromatic heterocycles. The first-order valence-electron chi connectivity index (χ1n) is 5.92. The van der Waals surface area contributed by atoms with Crippen LogP contribution in [0.2, 0.25) is 10.0 Å². The van der Waals surface area contributed by atoms with Crippen LogP contribution in [0.1, 0.15) is 12.5 Å². The summed E-state index contributed by atoms with van der Waals surface area (Å²) in [5, 5.41) is 8.56. The van der Waals surface area contributed by atoms with Crippen molar-refractivity contribution in [1.29, 1.82) is 0 Å². The Labute approximate surface area is 134 Å². The van der Waals surface area contributed by atoms with Gasteiger partial charge in [0.25, 0.3) is 0 Å². The molecule has 1 unspecified atom stereocenters. The van der Waals surface area contributed by atoms with Crippen molar-refractivity contribution in [2.75, 3.05) is 20.3 Å². The molecule has 1 rings (SSSR count). The van der Waals surface area contributed by atoms with E-state index in [1.165, 1.54) is 19.2 Å². The second-order valence-corrected chi connectivity index (χ2v) is 6.67. The van der Waals surface area contributed by atoms with Gasteiger partial charge in [-0.15, -0.1) is 0 Å². The molecule has 0 aliphatic carbocycles. The van der Waals surface area contributed by atoms with Crippen LogP contribution in [0.25, 0.3) is 0 Å². The summed E-state index contributed by atoms with van der Waals surface area (Å²) in [6.07, 6.45) is 0. The van der Waals surface area contributed by atoms with Crippen LogP contribution in [-0.2, 0) is 14.8 Å². The van der Waals surface area contributed by atoms with Crippen LogP contribution in [0.5, 0.6) is 0 Å². The molecule has 0 aliphatic rings. The highest BCUT2D eigenvalue weighted by molar-refractivity contribution is 7.89. The first-order chi connectivity index (χ1) is 9.81. The molecule has 1 aromatic rings. The minimum atomic E-state index is -3.87. The number of nitrogens with one attached hydrogen (secondary N) is 1. The Balaban J connectivity index is 3.19. The smallest absolute Gasteiger partial charge is 0.243 e. The van der Waals surface area contributed by atoms with Gasteiger partial charge in [0.1, 0.15) is 11.5 Å². The maximum Gasteiger partial charge on any atom is 0.243 e. The molecule has 0 aliphatic heterocycles. The summed E-state index contributed by atoms with van der Waals surface area (Å²) >= 11 is 12.0. The van der Waals surface area contributed by atoms with Crippen molar-refractivity contribution < 1.29 is 18.3 Å². The number of halogens is 2. The summed E-state index contributed by atoms with van der Waals surface area (Å²) in [7, 11) is -2.40. The molecular formula is C13H15Cl2NO4S. The van der Waals surface area contributed by atoms with E-state index in [9.17, 15) is 8.42 Å². The fraction of sp³-hybridized carbons (Fsp3) is 0.385. The fourth-order valence-corrected chi connectivity index (χ4v) is 4.08. The Hall–Kier alpha value is -0.810. The molecule has 0 saturated carbocycles. The van der Waals surface area contributed by atoms with E-state index < -0.39 is 16.1 Å². The third kappa shape index (κ3) is 5.15. The maximum absolute atomic E-state index is 12.3. The number of hydrogen-bond donors (Lipinski definition) is 2. The van der Waals surface area contributed by atoms with Crippen LogP contribution in [0, 0.1) is 11.8 Å². The lowest BCUT2D eigenvalue weighted by molar-refractivity contribution is 0.180. The van der Waals surface area contributed by atoms with Crippen LogP contribution in [0.15, 0.2) is 17.0 Å². The van der Waals surface area contributed by atoms with Gasteiger partial charge in [-0.25, -0.2) is 13.1 Å². The van der Waals surface area contributed by atoms with Crippen LogP contribution in [-0.4, -0.2) is 39.9 Å². The molecule has 8 heteroatoms. The Kier molecular flexibility index (Phi) is 6.94. The molecule has 5 nitrogen and oxygen atoms in total. The first kappa shape index (κ1) is 18.2. The van der Waals surface area contributed by atoms with Gasteiger partial charge in [0.2, 0.25) is 10.0 Å². The summed E-state index contributed by atoms with van der Waals surface area (Å²) in [4.78, 5) is -0.205. The standard InChI is InChI=1S/C13H15Cl2NO4S/c1-9(8-20-2)16-21(18,19)13-11(14)6-10(4-3-5-17)7-12(13)15/h6-7,9,16-17H,5,8H2,1-2H3. The third-order valence-electron chi connectivity index (χ3n) is 2.35. The van der Waals surface area contributed by atoms with Gasteiger partial charge in [0.05, 0.1) is 16.7 Å². The first-order valence-corrected chi connectivity index (χ1v) is 8.15. The molecule has 1 aromatic carbocycles. The summed E-state index contributed by atoms with van der Waals surface area (Å²) in [6.45, 7) is 1.56. The second-order valence-electron chi connectivity index (χ2n) is 4.21. The monoisotopic (exact) mass is 351 g/mol. The molecule has 0 amide bonds. The number of aliphatic hydroxyl groups is 1. The Bertz CT molecular complexity index is 641. The van der Waals surface area contributed by atoms with E-state index in [0.29, 0.717) is 5.56 Å². The Morgan fingerprint density at radius 1 is 1.38 bits per heavy atom. The average molecular weight is 352 g/mol. The maximum atomic E-state index is 12.3. The average Bonchev–Trinajstić information content (AvgIpc) is 2.34. The number of rotatable bonds is 5. The Morgan fingerprint density at radius 3 is 2.43 bits per heavy atom. The zero-order chi connectivity index (χ0) is 16.0. The normalized spacial score (nSPS) is 12.6. The number of hydrogen-bond acceptors (Lipinski definition) is 4. The molecule has 0 saturated heterocycles. The van der Waals surface area contributed by atoms with Gasteiger partial charge < -0.3 is 9.84 Å². The predicted octanol–water partition coefficient (Wildman–Crippen LogP) is 1.65. The summed E-state index contributed by atoms with van der Waals surface area (Å²) < 4.78 is 31.8. The molecule has 21 heavy (non-hydrogen) atoms. The molecule has 2 N–H and O–H groups in total. The molecule has 0 bridgehead atoms. The number of benzene rings is 1. The fourth-order valence-electron chi connectivity index (χ4n) is 1.64. The molecule has 0 radical (unpaired) electrons. The van der Waals surface area contributed by atoms with Crippen LogP contribution in [0.4, 0.5) is 0 Å². The topological polar surface area (TPSA) is 75.6 Å². The lowest BCUT2D eigenvalue weighted by Gasteiger charge is -2.15. The highest BCUT2D eigenvalue weighted by Crippen LogP contribution is 2.30.